The molecule has 1 saturated heterocycles. The van der Waals surface area contributed by atoms with Gasteiger partial charge in [-0.25, -0.2) is 15.0 Å². The van der Waals surface area contributed by atoms with Crippen LogP contribution in [0, 0.1) is 5.92 Å². The summed E-state index contributed by atoms with van der Waals surface area (Å²) in [5.41, 5.74) is 0.933. The number of imidazole rings is 1. The zero-order chi connectivity index (χ0) is 30.5. The number of carboxylic acids is 1. The molecular weight excluding hydrogens is 546 g/mol. The summed E-state index contributed by atoms with van der Waals surface area (Å²) >= 11 is 0. The van der Waals surface area contributed by atoms with E-state index < -0.39 is 68.0 Å². The minimum Gasteiger partial charge on any atom is -0.481 e. The first kappa shape index (κ1) is 34.1. The number of carboxylic acid groups (broad SMARTS) is 1. The van der Waals surface area contributed by atoms with Crippen molar-refractivity contribution >= 4 is 29.2 Å². The Morgan fingerprint density at radius 1 is 1.12 bits per heavy atom. The van der Waals surface area contributed by atoms with Gasteiger partial charge in [0.05, 0.1) is 25.5 Å². The van der Waals surface area contributed by atoms with E-state index in [-0.39, 0.29) is 6.29 Å². The van der Waals surface area contributed by atoms with E-state index in [1.165, 1.54) is 17.2 Å². The maximum atomic E-state index is 11.2. The predicted molar refractivity (Wildman–Crippen MR) is 142 cm³/mol. The van der Waals surface area contributed by atoms with Gasteiger partial charge >= 0.3 is 5.97 Å². The molecule has 0 radical (unpaired) electrons. The number of anilines is 1. The first-order chi connectivity index (χ1) is 19.6. The number of aliphatic hydroxyl groups is 7. The van der Waals surface area contributed by atoms with E-state index in [2.05, 4.69) is 20.3 Å². The highest BCUT2D eigenvalue weighted by Gasteiger charge is 2.44. The average Bonchev–Trinajstić information content (AvgIpc) is 3.53. The van der Waals surface area contributed by atoms with E-state index in [0.717, 1.165) is 19.3 Å². The Balaban J connectivity index is 0.000000503. The Morgan fingerprint density at radius 2 is 1.85 bits per heavy atom. The van der Waals surface area contributed by atoms with Crippen molar-refractivity contribution in [3.63, 3.8) is 0 Å². The molecule has 230 valence electrons. The third-order valence-corrected chi connectivity index (χ3v) is 6.45. The summed E-state index contributed by atoms with van der Waals surface area (Å²) < 4.78 is 7.06. The fourth-order valence-electron chi connectivity index (χ4n) is 4.10. The lowest BCUT2D eigenvalue weighted by Gasteiger charge is -2.16. The van der Waals surface area contributed by atoms with Crippen LogP contribution < -0.4 is 5.32 Å². The number of aliphatic carboxylic acids is 1. The van der Waals surface area contributed by atoms with Gasteiger partial charge in [-0.2, -0.15) is 0 Å². The summed E-state index contributed by atoms with van der Waals surface area (Å²) in [5.74, 6) is -0.710. The van der Waals surface area contributed by atoms with Gasteiger partial charge in [0.25, 0.3) is 0 Å². The predicted octanol–water partition coefficient (Wildman–Crippen LogP) is -2.05. The molecule has 16 nitrogen and oxygen atoms in total. The molecule has 1 unspecified atom stereocenters. The van der Waals surface area contributed by atoms with Crippen molar-refractivity contribution in [2.45, 2.75) is 75.5 Å². The summed E-state index contributed by atoms with van der Waals surface area (Å²) in [6.45, 7) is 1.35. The number of nitrogens with zero attached hydrogens (tertiary/aromatic N) is 4. The molecule has 0 spiro atoms. The highest BCUT2D eigenvalue weighted by molar-refractivity contribution is 5.82. The first-order valence-corrected chi connectivity index (χ1v) is 13.1. The van der Waals surface area contributed by atoms with E-state index in [0.29, 0.717) is 29.9 Å². The molecule has 2 aromatic rings. The van der Waals surface area contributed by atoms with Crippen molar-refractivity contribution in [2.75, 3.05) is 25.1 Å². The van der Waals surface area contributed by atoms with E-state index >= 15 is 0 Å². The molecule has 9 N–H and O–H groups in total. The quantitative estimate of drug-likeness (QED) is 0.0618. The number of fused-ring (bicyclic) bond motifs is 1. The molecule has 41 heavy (non-hydrogen) atoms. The number of nitrogens with one attached hydrogen (secondary N) is 1. The van der Waals surface area contributed by atoms with Gasteiger partial charge in [-0.15, -0.1) is 0 Å². The number of carbonyl (C=O) groups excluding carboxylic acids is 1. The van der Waals surface area contributed by atoms with Crippen LogP contribution in [0.2, 0.25) is 0 Å². The second-order valence-corrected chi connectivity index (χ2v) is 9.39. The highest BCUT2D eigenvalue weighted by atomic mass is 16.6. The van der Waals surface area contributed by atoms with Gasteiger partial charge in [0.1, 0.15) is 43.0 Å². The van der Waals surface area contributed by atoms with Crippen LogP contribution in [0.3, 0.4) is 0 Å². The fraction of sp³-hybridized carbons (Fsp3) is 0.640. The van der Waals surface area contributed by atoms with Crippen LogP contribution in [-0.2, 0) is 14.3 Å². The minimum absolute atomic E-state index is 0.0869. The zero-order valence-electron chi connectivity index (χ0n) is 22.5. The normalized spacial score (nSPS) is 23.5. The first-order valence-electron chi connectivity index (χ1n) is 13.1. The number of allylic oxidation sites excluding steroid dienone is 1. The minimum atomic E-state index is -1.64. The van der Waals surface area contributed by atoms with Crippen LogP contribution in [0.1, 0.15) is 38.8 Å². The van der Waals surface area contributed by atoms with Crippen LogP contribution in [0.4, 0.5) is 5.82 Å². The second-order valence-electron chi connectivity index (χ2n) is 9.39. The SMILES string of the molecule is C/C=C/C(CCCCCNc1ncnc2c1ncn2[C@@H]1O[C@H](CO)[C@@H](O)[C@H]1O)C(=O)O.O=C[C@H](O)[C@H](O)[C@H](O)CO. The third-order valence-electron chi connectivity index (χ3n) is 6.45. The zero-order valence-corrected chi connectivity index (χ0v) is 22.5. The number of carbonyl (C=O) groups is 2. The molecule has 1 aliphatic rings. The molecule has 0 aromatic carbocycles. The van der Waals surface area contributed by atoms with Crippen molar-refractivity contribution in [1.82, 2.24) is 19.5 Å². The molecule has 0 amide bonds. The summed E-state index contributed by atoms with van der Waals surface area (Å²) in [7, 11) is 0. The molecule has 3 heterocycles. The van der Waals surface area contributed by atoms with Gasteiger partial charge in [-0.05, 0) is 19.8 Å². The Bertz CT molecular complexity index is 1120. The highest BCUT2D eigenvalue weighted by Crippen LogP contribution is 2.32. The maximum Gasteiger partial charge on any atom is 0.310 e. The number of hydrogen-bond acceptors (Lipinski definition) is 14. The molecule has 2 aromatic heterocycles. The molecule has 1 fully saturated rings. The number of aromatic nitrogens is 4. The van der Waals surface area contributed by atoms with Gasteiger partial charge in [0, 0.05) is 6.54 Å². The van der Waals surface area contributed by atoms with Crippen LogP contribution in [0.5, 0.6) is 0 Å². The van der Waals surface area contributed by atoms with Crippen LogP contribution in [0.25, 0.3) is 11.2 Å². The van der Waals surface area contributed by atoms with Crippen molar-refractivity contribution in [1.29, 1.82) is 0 Å². The van der Waals surface area contributed by atoms with Crippen molar-refractivity contribution in [3.8, 4) is 0 Å². The van der Waals surface area contributed by atoms with Gasteiger partial charge < -0.3 is 55.7 Å². The summed E-state index contributed by atoms with van der Waals surface area (Å²) in [5, 5.41) is 76.0. The molecule has 0 saturated carbocycles. The lowest BCUT2D eigenvalue weighted by Crippen LogP contribution is -2.40. The number of aldehydes is 1. The maximum absolute atomic E-state index is 11.2. The van der Waals surface area contributed by atoms with Crippen molar-refractivity contribution < 1.29 is 55.2 Å². The largest absolute Gasteiger partial charge is 0.481 e. The smallest absolute Gasteiger partial charge is 0.310 e. The van der Waals surface area contributed by atoms with Crippen molar-refractivity contribution in [3.05, 3.63) is 24.8 Å². The van der Waals surface area contributed by atoms with E-state index in [1.54, 1.807) is 12.2 Å². The summed E-state index contributed by atoms with van der Waals surface area (Å²) in [4.78, 5) is 33.7. The van der Waals surface area contributed by atoms with E-state index in [1.807, 2.05) is 6.92 Å². The molecule has 16 heteroatoms. The van der Waals surface area contributed by atoms with Crippen LogP contribution >= 0.6 is 0 Å². The monoisotopic (exact) mass is 585 g/mol. The fourth-order valence-corrected chi connectivity index (χ4v) is 4.10. The van der Waals surface area contributed by atoms with Gasteiger partial charge in [-0.1, -0.05) is 25.0 Å². The van der Waals surface area contributed by atoms with E-state index in [4.69, 9.17) is 30.3 Å². The number of rotatable bonds is 15. The third kappa shape index (κ3) is 9.20. The molecule has 3 rings (SSSR count). The molecule has 1 aliphatic heterocycles. The number of ether oxygens (including phenoxy) is 1. The van der Waals surface area contributed by atoms with Gasteiger partial charge in [0.2, 0.25) is 0 Å². The number of aliphatic hydroxyl groups excluding tert-OH is 7. The number of hydrogen-bond donors (Lipinski definition) is 9. The topological polar surface area (TPSA) is 261 Å². The Morgan fingerprint density at radius 3 is 2.44 bits per heavy atom. The molecule has 0 bridgehead atoms. The average molecular weight is 586 g/mol. The van der Waals surface area contributed by atoms with E-state index in [9.17, 15) is 24.9 Å². The lowest BCUT2D eigenvalue weighted by atomic mass is 10.0. The van der Waals surface area contributed by atoms with Crippen LogP contribution in [-0.4, -0.2) is 129 Å². The summed E-state index contributed by atoms with van der Waals surface area (Å²) in [6, 6.07) is 0. The van der Waals surface area contributed by atoms with Gasteiger partial charge in [-0.3, -0.25) is 9.36 Å². The molecule has 0 aliphatic carbocycles. The Labute approximate surface area is 235 Å². The standard InChI is InChI=1S/C20H29N5O6.C5H10O5/c1-2-6-12(20(29)30)7-4-3-5-8-21-17-14-18(23-10-22-17)25(11-24-14)19-16(28)15(27)13(9-26)31-19;6-1-3(8)5(10)4(9)2-7/h2,6,10-13,15-16,19,26-28H,3-5,7-9H2,1H3,(H,29,30)(H,21,22,23);1,3-5,7-10H,2H2/b6-2+;/t12?,13-,15-,16-,19-;3-,4+,5-/m10/s1. The molecular formula is C25H39N5O11. The second kappa shape index (κ2) is 17.0. The Kier molecular flexibility index (Phi) is 14.1. The lowest BCUT2D eigenvalue weighted by molar-refractivity contribution is -0.140. The molecule has 8 atom stereocenters. The Hall–Kier alpha value is -3.09. The van der Waals surface area contributed by atoms with Crippen LogP contribution in [0.15, 0.2) is 24.8 Å². The van der Waals surface area contributed by atoms with Crippen molar-refractivity contribution in [2.24, 2.45) is 5.92 Å². The van der Waals surface area contributed by atoms with Gasteiger partial charge in [0.15, 0.2) is 29.5 Å². The number of unbranched alkanes of at least 4 members (excludes halogenated alkanes) is 2. The summed E-state index contributed by atoms with van der Waals surface area (Å²) in [6.07, 6.45) is 0.562.